The lowest BCUT2D eigenvalue weighted by Gasteiger charge is -2.16. The molecule has 0 saturated carbocycles. The average molecular weight is 282 g/mol. The quantitative estimate of drug-likeness (QED) is 0.725. The second kappa shape index (κ2) is 4.26. The lowest BCUT2D eigenvalue weighted by molar-refractivity contribution is -0.117. The Morgan fingerprint density at radius 2 is 2.31 bits per heavy atom. The normalized spacial score (nSPS) is 19.9. The first kappa shape index (κ1) is 11.2. The summed E-state index contributed by atoms with van der Waals surface area (Å²) in [5, 5.41) is 0. The summed E-state index contributed by atoms with van der Waals surface area (Å²) in [6, 6.07) is 4.62. The number of halogens is 2. The van der Waals surface area contributed by atoms with Crippen LogP contribution < -0.4 is 4.90 Å². The summed E-state index contributed by atoms with van der Waals surface area (Å²) in [4.78, 5) is 13.0. The van der Waals surface area contributed by atoms with E-state index in [-0.39, 0.29) is 11.8 Å². The second-order valence-corrected chi connectivity index (χ2v) is 4.58. The minimum atomic E-state index is -0.416. The number of carbonyl (C=O) groups is 1. The van der Waals surface area contributed by atoms with E-state index in [1.165, 1.54) is 11.0 Å². The van der Waals surface area contributed by atoms with Crippen molar-refractivity contribution >= 4 is 27.5 Å². The van der Waals surface area contributed by atoms with E-state index >= 15 is 0 Å². The molecule has 1 saturated heterocycles. The predicted molar refractivity (Wildman–Crippen MR) is 63.4 cm³/mol. The van der Waals surface area contributed by atoms with Crippen LogP contribution >= 0.6 is 15.9 Å². The van der Waals surface area contributed by atoms with Crippen molar-refractivity contribution in [1.29, 1.82) is 0 Å². The maximum absolute atomic E-state index is 13.6. The second-order valence-electron chi connectivity index (χ2n) is 3.67. The molecule has 1 aromatic rings. The molecule has 1 atom stereocenters. The zero-order valence-electron chi connectivity index (χ0n) is 8.41. The molecule has 2 rings (SSSR count). The highest BCUT2D eigenvalue weighted by Crippen LogP contribution is 2.28. The highest BCUT2D eigenvalue weighted by molar-refractivity contribution is 9.10. The van der Waals surface area contributed by atoms with Crippen LogP contribution in [0.1, 0.15) is 6.42 Å². The number of terminal acetylenes is 1. The summed E-state index contributed by atoms with van der Waals surface area (Å²) < 4.78 is 14.3. The predicted octanol–water partition coefficient (Wildman–Crippen LogP) is 2.57. The summed E-state index contributed by atoms with van der Waals surface area (Å²) in [5.74, 6) is 1.88. The number of benzene rings is 1. The number of hydrogen-bond acceptors (Lipinski definition) is 1. The van der Waals surface area contributed by atoms with Crippen molar-refractivity contribution in [2.75, 3.05) is 11.4 Å². The number of hydrogen-bond donors (Lipinski definition) is 0. The van der Waals surface area contributed by atoms with Gasteiger partial charge in [-0.15, -0.1) is 12.3 Å². The third-order valence-electron chi connectivity index (χ3n) is 2.56. The zero-order chi connectivity index (χ0) is 11.7. The van der Waals surface area contributed by atoms with E-state index in [1.807, 2.05) is 0 Å². The Morgan fingerprint density at radius 1 is 1.56 bits per heavy atom. The highest BCUT2D eigenvalue weighted by Gasteiger charge is 2.30. The van der Waals surface area contributed by atoms with Crippen molar-refractivity contribution in [3.8, 4) is 12.3 Å². The monoisotopic (exact) mass is 281 g/mol. The summed E-state index contributed by atoms with van der Waals surface area (Å²) in [7, 11) is 0. The topological polar surface area (TPSA) is 20.3 Å². The smallest absolute Gasteiger partial charge is 0.228 e. The minimum absolute atomic E-state index is 0.115. The largest absolute Gasteiger partial charge is 0.308 e. The molecule has 1 unspecified atom stereocenters. The Hall–Kier alpha value is -1.34. The first-order valence-corrected chi connectivity index (χ1v) is 5.62. The molecule has 0 radical (unpaired) electrons. The van der Waals surface area contributed by atoms with Crippen LogP contribution in [0, 0.1) is 24.1 Å². The van der Waals surface area contributed by atoms with Gasteiger partial charge in [-0.2, -0.15) is 0 Å². The number of carbonyl (C=O) groups excluding carboxylic acids is 1. The van der Waals surface area contributed by atoms with Crippen molar-refractivity contribution in [3.63, 3.8) is 0 Å². The van der Waals surface area contributed by atoms with Crippen molar-refractivity contribution < 1.29 is 9.18 Å². The number of rotatable bonds is 1. The molecule has 1 amide bonds. The zero-order valence-corrected chi connectivity index (χ0v) is 10.00. The molecule has 16 heavy (non-hydrogen) atoms. The van der Waals surface area contributed by atoms with E-state index in [1.54, 1.807) is 12.1 Å². The average Bonchev–Trinajstić information content (AvgIpc) is 2.60. The van der Waals surface area contributed by atoms with Crippen LogP contribution in [-0.4, -0.2) is 12.5 Å². The number of nitrogens with zero attached hydrogens (tertiary/aromatic N) is 1. The molecule has 0 spiro atoms. The summed E-state index contributed by atoms with van der Waals surface area (Å²) in [6.45, 7) is 0.397. The Morgan fingerprint density at radius 3 is 2.88 bits per heavy atom. The van der Waals surface area contributed by atoms with Crippen LogP contribution in [0.4, 0.5) is 10.1 Å². The molecule has 1 heterocycles. The van der Waals surface area contributed by atoms with Gasteiger partial charge in [-0.05, 0) is 18.2 Å². The van der Waals surface area contributed by atoms with Crippen LogP contribution in [0.15, 0.2) is 22.7 Å². The standard InChI is InChI=1S/C12H9BrFNO/c1-2-8-5-12(16)15(7-8)11-4-3-9(13)6-10(11)14/h1,3-4,6,8H,5,7H2. The van der Waals surface area contributed by atoms with Gasteiger partial charge in [0.25, 0.3) is 0 Å². The van der Waals surface area contributed by atoms with Gasteiger partial charge in [-0.3, -0.25) is 4.79 Å². The molecule has 4 heteroatoms. The summed E-state index contributed by atoms with van der Waals surface area (Å²) >= 11 is 3.17. The fraction of sp³-hybridized carbons (Fsp3) is 0.250. The molecule has 0 aliphatic carbocycles. The van der Waals surface area contributed by atoms with E-state index in [0.717, 1.165) is 0 Å². The lowest BCUT2D eigenvalue weighted by atomic mass is 10.1. The molecule has 1 fully saturated rings. The van der Waals surface area contributed by atoms with E-state index in [0.29, 0.717) is 23.1 Å². The fourth-order valence-electron chi connectivity index (χ4n) is 1.75. The SMILES string of the molecule is C#CC1CC(=O)N(c2ccc(Br)cc2F)C1. The van der Waals surface area contributed by atoms with Gasteiger partial charge in [-0.1, -0.05) is 15.9 Å². The van der Waals surface area contributed by atoms with Crippen molar-refractivity contribution in [2.45, 2.75) is 6.42 Å². The van der Waals surface area contributed by atoms with Gasteiger partial charge in [0.05, 0.1) is 5.69 Å². The molecule has 0 bridgehead atoms. The Balaban J connectivity index is 2.32. The highest BCUT2D eigenvalue weighted by atomic mass is 79.9. The molecule has 0 aromatic heterocycles. The fourth-order valence-corrected chi connectivity index (χ4v) is 2.09. The Kier molecular flexibility index (Phi) is 2.97. The summed E-state index contributed by atoms with van der Waals surface area (Å²) in [5.41, 5.74) is 0.297. The molecule has 1 aliphatic heterocycles. The van der Waals surface area contributed by atoms with Gasteiger partial charge >= 0.3 is 0 Å². The van der Waals surface area contributed by atoms with Gasteiger partial charge in [0.2, 0.25) is 5.91 Å². The van der Waals surface area contributed by atoms with Gasteiger partial charge < -0.3 is 4.90 Å². The molecular formula is C12H9BrFNO. The van der Waals surface area contributed by atoms with Gasteiger partial charge in [0, 0.05) is 23.4 Å². The van der Waals surface area contributed by atoms with Crippen LogP contribution in [-0.2, 0) is 4.79 Å². The molecule has 0 N–H and O–H groups in total. The van der Waals surface area contributed by atoms with Gasteiger partial charge in [-0.25, -0.2) is 4.39 Å². The number of amides is 1. The third-order valence-corrected chi connectivity index (χ3v) is 3.05. The molecule has 82 valence electrons. The van der Waals surface area contributed by atoms with Crippen LogP contribution in [0.25, 0.3) is 0 Å². The first-order valence-electron chi connectivity index (χ1n) is 4.83. The van der Waals surface area contributed by atoms with E-state index < -0.39 is 5.82 Å². The Bertz CT molecular complexity index is 480. The van der Waals surface area contributed by atoms with Crippen molar-refractivity contribution in [2.24, 2.45) is 5.92 Å². The molecule has 2 nitrogen and oxygen atoms in total. The van der Waals surface area contributed by atoms with Crippen molar-refractivity contribution in [1.82, 2.24) is 0 Å². The Labute approximate surface area is 102 Å². The minimum Gasteiger partial charge on any atom is -0.308 e. The van der Waals surface area contributed by atoms with E-state index in [2.05, 4.69) is 21.9 Å². The molecule has 1 aliphatic rings. The molecule has 1 aromatic carbocycles. The van der Waals surface area contributed by atoms with Crippen LogP contribution in [0.2, 0.25) is 0 Å². The van der Waals surface area contributed by atoms with Crippen molar-refractivity contribution in [3.05, 3.63) is 28.5 Å². The van der Waals surface area contributed by atoms with Gasteiger partial charge in [0.1, 0.15) is 5.82 Å². The first-order chi connectivity index (χ1) is 7.61. The maximum atomic E-state index is 13.6. The maximum Gasteiger partial charge on any atom is 0.228 e. The van der Waals surface area contributed by atoms with Crippen LogP contribution in [0.3, 0.4) is 0 Å². The lowest BCUT2D eigenvalue weighted by Crippen LogP contribution is -2.25. The number of anilines is 1. The van der Waals surface area contributed by atoms with E-state index in [9.17, 15) is 9.18 Å². The molecular weight excluding hydrogens is 273 g/mol. The van der Waals surface area contributed by atoms with Crippen LogP contribution in [0.5, 0.6) is 0 Å². The summed E-state index contributed by atoms with van der Waals surface area (Å²) in [6.07, 6.45) is 5.57. The van der Waals surface area contributed by atoms with E-state index in [4.69, 9.17) is 6.42 Å². The third kappa shape index (κ3) is 1.96. The van der Waals surface area contributed by atoms with Gasteiger partial charge in [0.15, 0.2) is 0 Å².